The summed E-state index contributed by atoms with van der Waals surface area (Å²) < 4.78 is 7.07. The molecule has 0 radical (unpaired) electrons. The van der Waals surface area contributed by atoms with Gasteiger partial charge < -0.3 is 14.2 Å². The van der Waals surface area contributed by atoms with Crippen molar-refractivity contribution in [3.8, 4) is 0 Å². The van der Waals surface area contributed by atoms with Gasteiger partial charge in [-0.25, -0.2) is 4.98 Å². The van der Waals surface area contributed by atoms with Crippen molar-refractivity contribution in [3.63, 3.8) is 0 Å². The van der Waals surface area contributed by atoms with Crippen molar-refractivity contribution in [2.75, 3.05) is 19.7 Å². The van der Waals surface area contributed by atoms with Crippen molar-refractivity contribution in [1.29, 1.82) is 0 Å². The first-order valence-corrected chi connectivity index (χ1v) is 10.2. The topological polar surface area (TPSA) is 64.4 Å². The van der Waals surface area contributed by atoms with Crippen molar-refractivity contribution in [1.82, 2.24) is 14.5 Å². The molecule has 1 aromatic heterocycles. The lowest BCUT2D eigenvalue weighted by molar-refractivity contribution is -0.149. The van der Waals surface area contributed by atoms with Crippen molar-refractivity contribution >= 4 is 23.6 Å². The van der Waals surface area contributed by atoms with E-state index in [0.717, 1.165) is 16.5 Å². The van der Waals surface area contributed by atoms with E-state index in [4.69, 9.17) is 4.74 Å². The van der Waals surface area contributed by atoms with Gasteiger partial charge in [-0.1, -0.05) is 23.9 Å². The van der Waals surface area contributed by atoms with Crippen LogP contribution in [0.25, 0.3) is 0 Å². The smallest absolute Gasteiger partial charge is 0.309 e. The number of thioether (sulfide) groups is 1. The second kappa shape index (κ2) is 9.08. The predicted octanol–water partition coefficient (Wildman–Crippen LogP) is 3.13. The molecule has 0 spiro atoms. The normalized spacial score (nSPS) is 15.0. The van der Waals surface area contributed by atoms with Crippen LogP contribution in [0, 0.1) is 5.92 Å². The van der Waals surface area contributed by atoms with Crippen LogP contribution in [-0.4, -0.2) is 46.0 Å². The summed E-state index contributed by atoms with van der Waals surface area (Å²) in [6.45, 7) is 3.41. The van der Waals surface area contributed by atoms with E-state index in [1.54, 1.807) is 18.0 Å². The van der Waals surface area contributed by atoms with Gasteiger partial charge in [0.15, 0.2) is 5.16 Å². The molecule has 0 bridgehead atoms. The van der Waals surface area contributed by atoms with Gasteiger partial charge in [-0.2, -0.15) is 0 Å². The van der Waals surface area contributed by atoms with Crippen molar-refractivity contribution < 1.29 is 14.3 Å². The maximum Gasteiger partial charge on any atom is 0.309 e. The lowest BCUT2D eigenvalue weighted by atomic mass is 9.96. The average molecular weight is 388 g/mol. The Kier molecular flexibility index (Phi) is 6.55. The number of carbonyl (C=O) groups is 2. The van der Waals surface area contributed by atoms with Crippen molar-refractivity contribution in [2.45, 2.75) is 30.7 Å². The second-order valence-corrected chi connectivity index (χ2v) is 7.57. The molecule has 0 N–H and O–H groups in total. The zero-order chi connectivity index (χ0) is 19.2. The molecular weight excluding hydrogens is 362 g/mol. The van der Waals surface area contributed by atoms with Crippen LogP contribution in [0.3, 0.4) is 0 Å². The minimum absolute atomic E-state index is 0.0283. The highest BCUT2D eigenvalue weighted by atomic mass is 32.2. The average Bonchev–Trinajstić information content (AvgIpc) is 3.11. The second-order valence-electron chi connectivity index (χ2n) is 6.62. The Morgan fingerprint density at radius 1 is 1.22 bits per heavy atom. The Bertz CT molecular complexity index is 780. The number of aromatic nitrogens is 2. The first-order chi connectivity index (χ1) is 13.1. The third-order valence-corrected chi connectivity index (χ3v) is 5.88. The summed E-state index contributed by atoms with van der Waals surface area (Å²) in [5.74, 6) is 0.615. The highest BCUT2D eigenvalue weighted by Crippen LogP contribution is 2.23. The summed E-state index contributed by atoms with van der Waals surface area (Å²) in [5, 5.41) is 0.972. The molecule has 0 atom stereocenters. The van der Waals surface area contributed by atoms with E-state index in [1.165, 1.54) is 0 Å². The fourth-order valence-electron chi connectivity index (χ4n) is 3.14. The molecule has 0 aliphatic carbocycles. The number of piperidine rings is 1. The van der Waals surface area contributed by atoms with Gasteiger partial charge in [-0.15, -0.1) is 0 Å². The van der Waals surface area contributed by atoms with Crippen LogP contribution in [0.2, 0.25) is 0 Å². The number of nitrogens with zero attached hydrogens (tertiary/aromatic N) is 3. The monoisotopic (exact) mass is 387 g/mol. The molecule has 1 aliphatic rings. The SMILES string of the molecule is CCOC(=O)C1CCN(C(=O)c2ccc(CSc3nccn3C)cc2)CC1. The van der Waals surface area contributed by atoms with Gasteiger partial charge in [-0.05, 0) is 37.5 Å². The molecular formula is C20H25N3O3S. The number of likely N-dealkylation sites (tertiary alicyclic amines) is 1. The van der Waals surface area contributed by atoms with Gasteiger partial charge in [0.25, 0.3) is 5.91 Å². The Labute approximate surface area is 163 Å². The Morgan fingerprint density at radius 2 is 1.93 bits per heavy atom. The number of benzene rings is 1. The molecule has 2 aromatic rings. The quantitative estimate of drug-likeness (QED) is 0.563. The number of hydrogen-bond donors (Lipinski definition) is 0. The van der Waals surface area contributed by atoms with Crippen LogP contribution in [0.15, 0.2) is 41.8 Å². The number of ether oxygens (including phenoxy) is 1. The molecule has 1 amide bonds. The van der Waals surface area contributed by atoms with E-state index in [-0.39, 0.29) is 17.8 Å². The molecule has 1 aromatic carbocycles. The third kappa shape index (κ3) is 4.91. The number of rotatable bonds is 6. The summed E-state index contributed by atoms with van der Waals surface area (Å²) >= 11 is 1.67. The van der Waals surface area contributed by atoms with E-state index in [0.29, 0.717) is 38.1 Å². The zero-order valence-electron chi connectivity index (χ0n) is 15.8. The lowest BCUT2D eigenvalue weighted by Crippen LogP contribution is -2.40. The van der Waals surface area contributed by atoms with Crippen molar-refractivity contribution in [2.24, 2.45) is 13.0 Å². The summed E-state index contributed by atoms with van der Waals surface area (Å²) in [7, 11) is 1.97. The van der Waals surface area contributed by atoms with Gasteiger partial charge in [-0.3, -0.25) is 9.59 Å². The van der Waals surface area contributed by atoms with Crippen LogP contribution in [-0.2, 0) is 22.3 Å². The van der Waals surface area contributed by atoms with Crippen molar-refractivity contribution in [3.05, 3.63) is 47.8 Å². The summed E-state index contributed by atoms with van der Waals surface area (Å²) in [4.78, 5) is 30.6. The molecule has 1 aliphatic heterocycles. The Hall–Kier alpha value is -2.28. The van der Waals surface area contributed by atoms with Crippen LogP contribution in [0.5, 0.6) is 0 Å². The number of hydrogen-bond acceptors (Lipinski definition) is 5. The maximum atomic E-state index is 12.7. The summed E-state index contributed by atoms with van der Waals surface area (Å²) in [5.41, 5.74) is 1.84. The van der Waals surface area contributed by atoms with E-state index in [1.807, 2.05) is 53.9 Å². The van der Waals surface area contributed by atoms with E-state index < -0.39 is 0 Å². The minimum Gasteiger partial charge on any atom is -0.466 e. The minimum atomic E-state index is -0.140. The molecule has 0 saturated carbocycles. The molecule has 6 nitrogen and oxygen atoms in total. The fourth-order valence-corrected chi connectivity index (χ4v) is 4.03. The Morgan fingerprint density at radius 3 is 2.52 bits per heavy atom. The zero-order valence-corrected chi connectivity index (χ0v) is 16.6. The summed E-state index contributed by atoms with van der Waals surface area (Å²) in [6, 6.07) is 7.76. The van der Waals surface area contributed by atoms with Crippen LogP contribution in [0.4, 0.5) is 0 Å². The maximum absolute atomic E-state index is 12.7. The van der Waals surface area contributed by atoms with E-state index in [2.05, 4.69) is 4.98 Å². The van der Waals surface area contributed by atoms with Crippen LogP contribution >= 0.6 is 11.8 Å². The predicted molar refractivity (Wildman–Crippen MR) is 104 cm³/mol. The fraction of sp³-hybridized carbons (Fsp3) is 0.450. The standard InChI is InChI=1S/C20H25N3O3S/c1-3-26-19(25)17-8-11-23(12-9-17)18(24)16-6-4-15(5-7-16)14-27-20-21-10-13-22(20)2/h4-7,10,13,17H,3,8-9,11-12,14H2,1-2H3. The lowest BCUT2D eigenvalue weighted by Gasteiger charge is -2.31. The van der Waals surface area contributed by atoms with Gasteiger partial charge >= 0.3 is 5.97 Å². The largest absolute Gasteiger partial charge is 0.466 e. The van der Waals surface area contributed by atoms with E-state index >= 15 is 0 Å². The first kappa shape index (κ1) is 19.5. The molecule has 3 rings (SSSR count). The first-order valence-electron chi connectivity index (χ1n) is 9.23. The van der Waals surface area contributed by atoms with Gasteiger partial charge in [0.1, 0.15) is 0 Å². The Balaban J connectivity index is 1.52. The summed E-state index contributed by atoms with van der Waals surface area (Å²) in [6.07, 6.45) is 5.05. The van der Waals surface area contributed by atoms with Crippen LogP contribution < -0.4 is 0 Å². The third-order valence-electron chi connectivity index (χ3n) is 4.75. The molecule has 27 heavy (non-hydrogen) atoms. The van der Waals surface area contributed by atoms with Gasteiger partial charge in [0.2, 0.25) is 0 Å². The number of carbonyl (C=O) groups excluding carboxylic acids is 2. The number of aryl methyl sites for hydroxylation is 1. The molecule has 1 saturated heterocycles. The molecule has 2 heterocycles. The molecule has 0 unspecified atom stereocenters. The molecule has 1 fully saturated rings. The number of amides is 1. The van der Waals surface area contributed by atoms with Gasteiger partial charge in [0.05, 0.1) is 12.5 Å². The highest BCUT2D eigenvalue weighted by Gasteiger charge is 2.28. The van der Waals surface area contributed by atoms with Crippen LogP contribution in [0.1, 0.15) is 35.7 Å². The molecule has 7 heteroatoms. The number of imidazole rings is 1. The number of esters is 1. The van der Waals surface area contributed by atoms with Gasteiger partial charge in [0, 0.05) is 43.8 Å². The molecule has 144 valence electrons. The van der Waals surface area contributed by atoms with E-state index in [9.17, 15) is 9.59 Å². The highest BCUT2D eigenvalue weighted by molar-refractivity contribution is 7.98.